The highest BCUT2D eigenvalue weighted by Gasteiger charge is 2.17. The van der Waals surface area contributed by atoms with Gasteiger partial charge in [0.2, 0.25) is 0 Å². The number of nitrogens with one attached hydrogen (secondary N) is 1. The molecule has 1 aliphatic rings. The molecule has 0 amide bonds. The summed E-state index contributed by atoms with van der Waals surface area (Å²) in [5.74, 6) is 0. The van der Waals surface area contributed by atoms with Crippen LogP contribution in [-0.2, 0) is 11.3 Å². The molecule has 0 heterocycles. The highest BCUT2D eigenvalue weighted by molar-refractivity contribution is 5.62. The molecule has 5 nitrogen and oxygen atoms in total. The van der Waals surface area contributed by atoms with Crippen molar-refractivity contribution in [1.29, 1.82) is 0 Å². The van der Waals surface area contributed by atoms with Gasteiger partial charge in [-0.3, -0.25) is 10.1 Å². The fourth-order valence-electron chi connectivity index (χ4n) is 2.30. The summed E-state index contributed by atoms with van der Waals surface area (Å²) in [6.45, 7) is 0.454. The number of nitro groups is 1. The van der Waals surface area contributed by atoms with Crippen LogP contribution in [0.4, 0.5) is 11.4 Å². The topological polar surface area (TPSA) is 64.4 Å². The first-order valence-electron chi connectivity index (χ1n) is 6.27. The summed E-state index contributed by atoms with van der Waals surface area (Å²) >= 11 is 0. The van der Waals surface area contributed by atoms with Crippen molar-refractivity contribution in [3.05, 3.63) is 33.9 Å². The lowest BCUT2D eigenvalue weighted by Gasteiger charge is -2.11. The third-order valence-corrected chi connectivity index (χ3v) is 3.32. The Morgan fingerprint density at radius 3 is 2.78 bits per heavy atom. The average Bonchev–Trinajstić information content (AvgIpc) is 2.89. The lowest BCUT2D eigenvalue weighted by Crippen LogP contribution is -2.07. The van der Waals surface area contributed by atoms with E-state index in [1.807, 2.05) is 6.07 Å². The highest BCUT2D eigenvalue weighted by Crippen LogP contribution is 2.27. The van der Waals surface area contributed by atoms with E-state index in [1.54, 1.807) is 19.2 Å². The van der Waals surface area contributed by atoms with E-state index in [0.29, 0.717) is 18.4 Å². The molecular weight excluding hydrogens is 232 g/mol. The number of anilines is 1. The largest absolute Gasteiger partial charge is 0.383 e. The minimum absolute atomic E-state index is 0.102. The Morgan fingerprint density at radius 2 is 2.17 bits per heavy atom. The van der Waals surface area contributed by atoms with Gasteiger partial charge in [0.25, 0.3) is 5.69 Å². The Balaban J connectivity index is 2.04. The lowest BCUT2D eigenvalue weighted by molar-refractivity contribution is -0.384. The van der Waals surface area contributed by atoms with Gasteiger partial charge in [-0.2, -0.15) is 0 Å². The van der Waals surface area contributed by atoms with Crippen molar-refractivity contribution in [2.24, 2.45) is 0 Å². The van der Waals surface area contributed by atoms with Crippen LogP contribution in [0.1, 0.15) is 31.2 Å². The van der Waals surface area contributed by atoms with Crippen LogP contribution in [0.5, 0.6) is 0 Å². The molecule has 1 aromatic carbocycles. The molecule has 0 unspecified atom stereocenters. The molecule has 1 aliphatic carbocycles. The predicted molar refractivity (Wildman–Crippen MR) is 69.7 cm³/mol. The summed E-state index contributed by atoms with van der Waals surface area (Å²) in [5.41, 5.74) is 1.49. The van der Waals surface area contributed by atoms with Crippen LogP contribution in [0.25, 0.3) is 0 Å². The maximum absolute atomic E-state index is 10.9. The molecule has 0 saturated heterocycles. The van der Waals surface area contributed by atoms with Crippen LogP contribution in [0.3, 0.4) is 0 Å². The van der Waals surface area contributed by atoms with Crippen LogP contribution >= 0.6 is 0 Å². The SMILES string of the molecule is CNc1ccc(COC2CCCC2)cc1[N+](=O)[O-]. The van der Waals surface area contributed by atoms with Gasteiger partial charge in [0, 0.05) is 13.1 Å². The van der Waals surface area contributed by atoms with E-state index in [0.717, 1.165) is 18.4 Å². The van der Waals surface area contributed by atoms with E-state index in [-0.39, 0.29) is 10.6 Å². The van der Waals surface area contributed by atoms with Crippen molar-refractivity contribution in [1.82, 2.24) is 0 Å². The first kappa shape index (κ1) is 12.8. The molecule has 1 N–H and O–H groups in total. The monoisotopic (exact) mass is 250 g/mol. The van der Waals surface area contributed by atoms with Crippen molar-refractivity contribution in [3.63, 3.8) is 0 Å². The molecular formula is C13H18N2O3. The zero-order valence-corrected chi connectivity index (χ0v) is 10.5. The zero-order chi connectivity index (χ0) is 13.0. The molecule has 0 aromatic heterocycles. The summed E-state index contributed by atoms with van der Waals surface area (Å²) in [5, 5.41) is 13.7. The molecule has 1 aromatic rings. The number of hydrogen-bond acceptors (Lipinski definition) is 4. The Bertz CT molecular complexity index is 428. The zero-order valence-electron chi connectivity index (χ0n) is 10.5. The quantitative estimate of drug-likeness (QED) is 0.644. The fourth-order valence-corrected chi connectivity index (χ4v) is 2.30. The van der Waals surface area contributed by atoms with Crippen LogP contribution < -0.4 is 5.32 Å². The Morgan fingerprint density at radius 1 is 1.44 bits per heavy atom. The van der Waals surface area contributed by atoms with Gasteiger partial charge in [-0.1, -0.05) is 18.9 Å². The second kappa shape index (κ2) is 5.82. The summed E-state index contributed by atoms with van der Waals surface area (Å²) < 4.78 is 5.75. The molecule has 2 rings (SSSR count). The molecule has 1 saturated carbocycles. The first-order chi connectivity index (χ1) is 8.70. The number of benzene rings is 1. The number of ether oxygens (including phenoxy) is 1. The molecule has 0 radical (unpaired) electrons. The minimum Gasteiger partial charge on any atom is -0.383 e. The van der Waals surface area contributed by atoms with Crippen LogP contribution in [0, 0.1) is 10.1 Å². The summed E-state index contributed by atoms with van der Waals surface area (Å²) in [7, 11) is 1.68. The van der Waals surface area contributed by atoms with E-state index in [9.17, 15) is 10.1 Å². The van der Waals surface area contributed by atoms with Crippen molar-refractivity contribution >= 4 is 11.4 Å². The van der Waals surface area contributed by atoms with Gasteiger partial charge in [-0.05, 0) is 24.5 Å². The van der Waals surface area contributed by atoms with E-state index in [4.69, 9.17) is 4.74 Å². The molecule has 5 heteroatoms. The number of nitro benzene ring substituents is 1. The third-order valence-electron chi connectivity index (χ3n) is 3.32. The second-order valence-corrected chi connectivity index (χ2v) is 4.58. The smallest absolute Gasteiger partial charge is 0.292 e. The number of nitrogens with zero attached hydrogens (tertiary/aromatic N) is 1. The van der Waals surface area contributed by atoms with E-state index < -0.39 is 0 Å². The van der Waals surface area contributed by atoms with E-state index in [1.165, 1.54) is 12.8 Å². The van der Waals surface area contributed by atoms with Crippen LogP contribution in [0.2, 0.25) is 0 Å². The van der Waals surface area contributed by atoms with Crippen molar-refractivity contribution in [3.8, 4) is 0 Å². The number of rotatable bonds is 5. The highest BCUT2D eigenvalue weighted by atomic mass is 16.6. The maximum Gasteiger partial charge on any atom is 0.292 e. The van der Waals surface area contributed by atoms with Gasteiger partial charge in [-0.15, -0.1) is 0 Å². The molecule has 0 spiro atoms. The predicted octanol–water partition coefficient (Wildman–Crippen LogP) is 3.10. The first-order valence-corrected chi connectivity index (χ1v) is 6.27. The Kier molecular flexibility index (Phi) is 4.15. The van der Waals surface area contributed by atoms with Gasteiger partial charge in [0.1, 0.15) is 5.69 Å². The van der Waals surface area contributed by atoms with Crippen LogP contribution in [-0.4, -0.2) is 18.1 Å². The summed E-state index contributed by atoms with van der Waals surface area (Å²) in [6.07, 6.45) is 4.99. The summed E-state index contributed by atoms with van der Waals surface area (Å²) in [4.78, 5) is 10.5. The third kappa shape index (κ3) is 2.98. The van der Waals surface area contributed by atoms with Gasteiger partial charge in [0.05, 0.1) is 17.6 Å². The average molecular weight is 250 g/mol. The van der Waals surface area contributed by atoms with Crippen molar-refractivity contribution < 1.29 is 9.66 Å². The van der Waals surface area contributed by atoms with Crippen molar-refractivity contribution in [2.75, 3.05) is 12.4 Å². The Labute approximate surface area is 106 Å². The molecule has 98 valence electrons. The molecule has 0 bridgehead atoms. The molecule has 18 heavy (non-hydrogen) atoms. The lowest BCUT2D eigenvalue weighted by atomic mass is 10.2. The fraction of sp³-hybridized carbons (Fsp3) is 0.538. The Hall–Kier alpha value is -1.62. The van der Waals surface area contributed by atoms with Gasteiger partial charge in [0.15, 0.2) is 0 Å². The van der Waals surface area contributed by atoms with Crippen LogP contribution in [0.15, 0.2) is 18.2 Å². The van der Waals surface area contributed by atoms with Gasteiger partial charge in [-0.25, -0.2) is 0 Å². The maximum atomic E-state index is 10.9. The molecule has 0 aliphatic heterocycles. The second-order valence-electron chi connectivity index (χ2n) is 4.58. The molecule has 0 atom stereocenters. The standard InChI is InChI=1S/C13H18N2O3/c1-14-12-7-6-10(8-13(12)15(16)17)9-18-11-4-2-3-5-11/h6-8,11,14H,2-5,9H2,1H3. The minimum atomic E-state index is -0.370. The molecule has 1 fully saturated rings. The van der Waals surface area contributed by atoms with E-state index in [2.05, 4.69) is 5.32 Å². The van der Waals surface area contributed by atoms with Gasteiger partial charge >= 0.3 is 0 Å². The van der Waals surface area contributed by atoms with Gasteiger partial charge < -0.3 is 10.1 Å². The van der Waals surface area contributed by atoms with E-state index >= 15 is 0 Å². The normalized spacial score (nSPS) is 15.8. The van der Waals surface area contributed by atoms with Crippen molar-refractivity contribution in [2.45, 2.75) is 38.4 Å². The summed E-state index contributed by atoms with van der Waals surface area (Å²) in [6, 6.07) is 5.18. The number of hydrogen-bond donors (Lipinski definition) is 1.